The van der Waals surface area contributed by atoms with E-state index in [0.29, 0.717) is 12.6 Å². The first kappa shape index (κ1) is 15.6. The van der Waals surface area contributed by atoms with Crippen molar-refractivity contribution in [3.05, 3.63) is 35.9 Å². The van der Waals surface area contributed by atoms with Crippen LogP contribution in [0, 0.1) is 0 Å². The minimum absolute atomic E-state index is 0.0825. The van der Waals surface area contributed by atoms with Crippen molar-refractivity contribution in [2.75, 3.05) is 26.7 Å². The van der Waals surface area contributed by atoms with Gasteiger partial charge in [0.15, 0.2) is 0 Å². The van der Waals surface area contributed by atoms with Crippen molar-refractivity contribution in [1.82, 2.24) is 10.2 Å². The third-order valence-electron chi connectivity index (χ3n) is 3.72. The molecular weight excluding hydrogens is 264 g/mol. The fraction of sp³-hybridized carbons (Fsp3) is 0.471. The van der Waals surface area contributed by atoms with E-state index in [1.807, 2.05) is 49.2 Å². The smallest absolute Gasteiger partial charge is 0.246 e. The van der Waals surface area contributed by atoms with E-state index in [4.69, 9.17) is 4.74 Å². The molecule has 1 aromatic carbocycles. The first-order valence-electron chi connectivity index (χ1n) is 7.61. The van der Waals surface area contributed by atoms with E-state index in [-0.39, 0.29) is 5.91 Å². The molecule has 1 amide bonds. The fourth-order valence-electron chi connectivity index (χ4n) is 2.74. The molecule has 2 rings (SSSR count). The molecule has 1 saturated heterocycles. The number of para-hydroxylation sites is 1. The lowest BCUT2D eigenvalue weighted by molar-refractivity contribution is -0.126. The van der Waals surface area contributed by atoms with Crippen LogP contribution in [0.1, 0.15) is 25.3 Å². The van der Waals surface area contributed by atoms with Crippen LogP contribution in [-0.2, 0) is 4.79 Å². The lowest BCUT2D eigenvalue weighted by Crippen LogP contribution is -2.39. The largest absolute Gasteiger partial charge is 0.493 e. The minimum Gasteiger partial charge on any atom is -0.493 e. The highest BCUT2D eigenvalue weighted by atomic mass is 16.5. The number of benzene rings is 1. The van der Waals surface area contributed by atoms with Crippen molar-refractivity contribution in [1.29, 1.82) is 0 Å². The predicted molar refractivity (Wildman–Crippen MR) is 85.3 cm³/mol. The average Bonchev–Trinajstić information content (AvgIpc) is 2.95. The number of hydrogen-bond donors (Lipinski definition) is 1. The molecule has 114 valence electrons. The number of likely N-dealkylation sites (tertiary alicyclic amines) is 1. The SMILES string of the molecule is CCOc1ccccc1/C=C/C(=O)N1CCCC1CNC. The maximum absolute atomic E-state index is 12.3. The summed E-state index contributed by atoms with van der Waals surface area (Å²) in [6.45, 7) is 4.28. The lowest BCUT2D eigenvalue weighted by atomic mass is 10.1. The Morgan fingerprint density at radius 3 is 3.05 bits per heavy atom. The standard InChI is InChI=1S/C17H24N2O2/c1-3-21-16-9-5-4-7-14(16)10-11-17(20)19-12-6-8-15(19)13-18-2/h4-5,7,9-11,15,18H,3,6,8,12-13H2,1-2H3/b11-10+. The summed E-state index contributed by atoms with van der Waals surface area (Å²) < 4.78 is 5.57. The van der Waals surface area contributed by atoms with Gasteiger partial charge in [0.25, 0.3) is 0 Å². The van der Waals surface area contributed by atoms with E-state index in [0.717, 1.165) is 37.2 Å². The first-order valence-corrected chi connectivity index (χ1v) is 7.61. The molecule has 21 heavy (non-hydrogen) atoms. The van der Waals surface area contributed by atoms with Crippen LogP contribution in [0.2, 0.25) is 0 Å². The summed E-state index contributed by atoms with van der Waals surface area (Å²) in [5.74, 6) is 0.899. The van der Waals surface area contributed by atoms with E-state index < -0.39 is 0 Å². The number of nitrogens with one attached hydrogen (secondary N) is 1. The van der Waals surface area contributed by atoms with Crippen LogP contribution in [0.5, 0.6) is 5.75 Å². The first-order chi connectivity index (χ1) is 10.3. The summed E-state index contributed by atoms with van der Waals surface area (Å²) in [6, 6.07) is 8.09. The molecule has 0 saturated carbocycles. The number of likely N-dealkylation sites (N-methyl/N-ethyl adjacent to an activating group) is 1. The molecule has 1 aliphatic rings. The van der Waals surface area contributed by atoms with Crippen molar-refractivity contribution >= 4 is 12.0 Å². The van der Waals surface area contributed by atoms with Crippen molar-refractivity contribution < 1.29 is 9.53 Å². The summed E-state index contributed by atoms with van der Waals surface area (Å²) in [6.07, 6.45) is 5.67. The Bertz CT molecular complexity index is 499. The monoisotopic (exact) mass is 288 g/mol. The van der Waals surface area contributed by atoms with Gasteiger partial charge in [-0.25, -0.2) is 0 Å². The van der Waals surface area contributed by atoms with E-state index in [9.17, 15) is 4.79 Å². The highest BCUT2D eigenvalue weighted by molar-refractivity contribution is 5.92. The Hall–Kier alpha value is -1.81. The number of nitrogens with zero attached hydrogens (tertiary/aromatic N) is 1. The normalized spacial score (nSPS) is 18.4. The zero-order valence-electron chi connectivity index (χ0n) is 12.8. The second-order valence-electron chi connectivity index (χ2n) is 5.19. The molecule has 1 fully saturated rings. The molecule has 0 bridgehead atoms. The summed E-state index contributed by atoms with van der Waals surface area (Å²) in [7, 11) is 1.93. The van der Waals surface area contributed by atoms with Gasteiger partial charge < -0.3 is 15.0 Å². The van der Waals surface area contributed by atoms with Gasteiger partial charge in [0.05, 0.1) is 6.61 Å². The average molecular weight is 288 g/mol. The Morgan fingerprint density at radius 2 is 2.29 bits per heavy atom. The van der Waals surface area contributed by atoms with E-state index >= 15 is 0 Å². The van der Waals surface area contributed by atoms with Crippen LogP contribution in [0.4, 0.5) is 0 Å². The highest BCUT2D eigenvalue weighted by Gasteiger charge is 2.26. The van der Waals surface area contributed by atoms with Gasteiger partial charge in [-0.15, -0.1) is 0 Å². The summed E-state index contributed by atoms with van der Waals surface area (Å²) in [5.41, 5.74) is 0.942. The van der Waals surface area contributed by atoms with Gasteiger partial charge in [-0.3, -0.25) is 4.79 Å². The summed E-state index contributed by atoms with van der Waals surface area (Å²) >= 11 is 0. The maximum Gasteiger partial charge on any atom is 0.246 e. The fourth-order valence-corrected chi connectivity index (χ4v) is 2.74. The third kappa shape index (κ3) is 4.08. The topological polar surface area (TPSA) is 41.6 Å². The number of ether oxygens (including phenoxy) is 1. The predicted octanol–water partition coefficient (Wildman–Crippen LogP) is 2.31. The molecule has 0 aromatic heterocycles. The number of rotatable bonds is 6. The molecule has 4 nitrogen and oxygen atoms in total. The van der Waals surface area contributed by atoms with Crippen LogP contribution in [0.15, 0.2) is 30.3 Å². The number of carbonyl (C=O) groups is 1. The van der Waals surface area contributed by atoms with E-state index in [1.54, 1.807) is 6.08 Å². The Labute approximate surface area is 126 Å². The zero-order chi connectivity index (χ0) is 15.1. The molecule has 1 aromatic rings. The second-order valence-corrected chi connectivity index (χ2v) is 5.19. The number of amides is 1. The Balaban J connectivity index is 2.05. The van der Waals surface area contributed by atoms with Gasteiger partial charge in [-0.2, -0.15) is 0 Å². The molecule has 1 N–H and O–H groups in total. The van der Waals surface area contributed by atoms with Gasteiger partial charge >= 0.3 is 0 Å². The van der Waals surface area contributed by atoms with Gasteiger partial charge in [0.1, 0.15) is 5.75 Å². The maximum atomic E-state index is 12.3. The molecule has 0 spiro atoms. The molecule has 4 heteroatoms. The molecule has 0 aliphatic carbocycles. The van der Waals surface area contributed by atoms with Crippen molar-refractivity contribution in [3.8, 4) is 5.75 Å². The minimum atomic E-state index is 0.0825. The lowest BCUT2D eigenvalue weighted by Gasteiger charge is -2.23. The molecular formula is C17H24N2O2. The molecule has 1 atom stereocenters. The van der Waals surface area contributed by atoms with Crippen molar-refractivity contribution in [3.63, 3.8) is 0 Å². The van der Waals surface area contributed by atoms with Crippen LogP contribution in [-0.4, -0.2) is 43.6 Å². The molecule has 1 heterocycles. The number of carbonyl (C=O) groups excluding carboxylic acids is 1. The number of hydrogen-bond acceptors (Lipinski definition) is 3. The van der Waals surface area contributed by atoms with Crippen LogP contribution in [0.3, 0.4) is 0 Å². The second kappa shape index (κ2) is 7.84. The van der Waals surface area contributed by atoms with Crippen LogP contribution < -0.4 is 10.1 Å². The zero-order valence-corrected chi connectivity index (χ0v) is 12.8. The van der Waals surface area contributed by atoms with Gasteiger partial charge in [0.2, 0.25) is 5.91 Å². The van der Waals surface area contributed by atoms with Gasteiger partial charge in [0, 0.05) is 30.8 Å². The van der Waals surface area contributed by atoms with Gasteiger partial charge in [-0.05, 0) is 39.0 Å². The molecule has 1 aliphatic heterocycles. The Morgan fingerprint density at radius 1 is 1.48 bits per heavy atom. The summed E-state index contributed by atoms with van der Waals surface area (Å²) in [5, 5.41) is 3.16. The third-order valence-corrected chi connectivity index (χ3v) is 3.72. The van der Waals surface area contributed by atoms with Crippen molar-refractivity contribution in [2.45, 2.75) is 25.8 Å². The van der Waals surface area contributed by atoms with E-state index in [2.05, 4.69) is 5.32 Å². The highest BCUT2D eigenvalue weighted by Crippen LogP contribution is 2.21. The van der Waals surface area contributed by atoms with Crippen LogP contribution in [0.25, 0.3) is 6.08 Å². The summed E-state index contributed by atoms with van der Waals surface area (Å²) in [4.78, 5) is 14.3. The Kier molecular flexibility index (Phi) is 5.81. The quantitative estimate of drug-likeness (QED) is 0.817. The van der Waals surface area contributed by atoms with Gasteiger partial charge in [-0.1, -0.05) is 18.2 Å². The molecule has 1 unspecified atom stereocenters. The van der Waals surface area contributed by atoms with Crippen molar-refractivity contribution in [2.24, 2.45) is 0 Å². The van der Waals surface area contributed by atoms with E-state index in [1.165, 1.54) is 0 Å². The molecule has 0 radical (unpaired) electrons. The van der Waals surface area contributed by atoms with Crippen LogP contribution >= 0.6 is 0 Å².